The van der Waals surface area contributed by atoms with Crippen molar-refractivity contribution in [2.24, 2.45) is 0 Å². The second kappa shape index (κ2) is 4.64. The van der Waals surface area contributed by atoms with Crippen LogP contribution in [0.2, 0.25) is 10.0 Å². The average molecular weight is 295 g/mol. The summed E-state index contributed by atoms with van der Waals surface area (Å²) in [5.41, 5.74) is 1.71. The second-order valence-corrected chi connectivity index (χ2v) is 4.79. The zero-order valence-corrected chi connectivity index (χ0v) is 11.0. The first-order valence-corrected chi connectivity index (χ1v) is 6.19. The molecular weight excluding hydrogens is 287 g/mol. The molecule has 1 aromatic heterocycles. The molecule has 0 saturated carbocycles. The van der Waals surface area contributed by atoms with Crippen molar-refractivity contribution in [1.29, 1.82) is 0 Å². The number of fused-ring (bicyclic) bond motifs is 1. The van der Waals surface area contributed by atoms with Gasteiger partial charge in [0.05, 0.1) is 5.69 Å². The van der Waals surface area contributed by atoms with Gasteiger partial charge in [-0.05, 0) is 24.3 Å². The van der Waals surface area contributed by atoms with Gasteiger partial charge in [-0.1, -0.05) is 23.2 Å². The maximum atomic E-state index is 9.73. The van der Waals surface area contributed by atoms with Gasteiger partial charge in [0.1, 0.15) is 11.3 Å². The highest BCUT2D eigenvalue weighted by Crippen LogP contribution is 2.30. The Balaban J connectivity index is 1.96. The van der Waals surface area contributed by atoms with E-state index in [4.69, 9.17) is 27.6 Å². The van der Waals surface area contributed by atoms with E-state index in [2.05, 4.69) is 10.3 Å². The van der Waals surface area contributed by atoms with Crippen molar-refractivity contribution in [3.05, 3.63) is 46.4 Å². The Morgan fingerprint density at radius 3 is 2.58 bits per heavy atom. The van der Waals surface area contributed by atoms with Crippen molar-refractivity contribution >= 4 is 46.0 Å². The number of hydrogen-bond acceptors (Lipinski definition) is 4. The Morgan fingerprint density at radius 1 is 1.05 bits per heavy atom. The van der Waals surface area contributed by atoms with Crippen LogP contribution in [0.5, 0.6) is 5.75 Å². The predicted molar refractivity (Wildman–Crippen MR) is 75.4 cm³/mol. The third-order valence-electron chi connectivity index (χ3n) is 2.55. The van der Waals surface area contributed by atoms with E-state index in [9.17, 15) is 5.11 Å². The SMILES string of the molecule is Oc1cc(Cl)ccc1Nc1nc2ccc(Cl)cc2o1. The van der Waals surface area contributed by atoms with Gasteiger partial charge < -0.3 is 14.8 Å². The molecule has 0 aliphatic rings. The van der Waals surface area contributed by atoms with Gasteiger partial charge in [-0.15, -0.1) is 0 Å². The van der Waals surface area contributed by atoms with Crippen molar-refractivity contribution < 1.29 is 9.52 Å². The molecule has 6 heteroatoms. The number of phenolic OH excluding ortho intramolecular Hbond substituents is 1. The van der Waals surface area contributed by atoms with E-state index in [1.807, 2.05) is 0 Å². The zero-order chi connectivity index (χ0) is 13.4. The number of rotatable bonds is 2. The van der Waals surface area contributed by atoms with Crippen LogP contribution in [0.15, 0.2) is 40.8 Å². The van der Waals surface area contributed by atoms with Crippen molar-refractivity contribution in [1.82, 2.24) is 4.98 Å². The number of aromatic hydroxyl groups is 1. The van der Waals surface area contributed by atoms with E-state index in [1.165, 1.54) is 6.07 Å². The molecule has 96 valence electrons. The summed E-state index contributed by atoms with van der Waals surface area (Å²) in [5, 5.41) is 13.6. The average Bonchev–Trinajstić information content (AvgIpc) is 2.74. The number of hydrogen-bond donors (Lipinski definition) is 2. The summed E-state index contributed by atoms with van der Waals surface area (Å²) in [6.07, 6.45) is 0. The van der Waals surface area contributed by atoms with Crippen LogP contribution >= 0.6 is 23.2 Å². The fourth-order valence-corrected chi connectivity index (χ4v) is 2.01. The highest BCUT2D eigenvalue weighted by Gasteiger charge is 2.09. The van der Waals surface area contributed by atoms with Crippen LogP contribution in [0.1, 0.15) is 0 Å². The van der Waals surface area contributed by atoms with Gasteiger partial charge in [-0.25, -0.2) is 0 Å². The molecule has 0 aliphatic carbocycles. The summed E-state index contributed by atoms with van der Waals surface area (Å²) in [6, 6.07) is 10.2. The quantitative estimate of drug-likeness (QED) is 0.679. The van der Waals surface area contributed by atoms with Crippen LogP contribution in [-0.2, 0) is 0 Å². The van der Waals surface area contributed by atoms with Gasteiger partial charge in [0.25, 0.3) is 6.01 Å². The van der Waals surface area contributed by atoms with Gasteiger partial charge in [-0.2, -0.15) is 4.98 Å². The van der Waals surface area contributed by atoms with Crippen LogP contribution < -0.4 is 5.32 Å². The molecule has 0 aliphatic heterocycles. The molecule has 2 N–H and O–H groups in total. The lowest BCUT2D eigenvalue weighted by atomic mass is 10.3. The Morgan fingerprint density at radius 2 is 1.79 bits per heavy atom. The van der Waals surface area contributed by atoms with Crippen LogP contribution in [0.4, 0.5) is 11.7 Å². The van der Waals surface area contributed by atoms with E-state index in [0.29, 0.717) is 26.8 Å². The minimum atomic E-state index is 0.0211. The smallest absolute Gasteiger partial charge is 0.300 e. The number of oxazole rings is 1. The van der Waals surface area contributed by atoms with Gasteiger partial charge in [0.15, 0.2) is 5.58 Å². The lowest BCUT2D eigenvalue weighted by Gasteiger charge is -2.04. The van der Waals surface area contributed by atoms with Gasteiger partial charge in [0.2, 0.25) is 0 Å². The predicted octanol–water partition coefficient (Wildman–Crippen LogP) is 4.58. The maximum Gasteiger partial charge on any atom is 0.300 e. The summed E-state index contributed by atoms with van der Waals surface area (Å²) in [7, 11) is 0. The van der Waals surface area contributed by atoms with Crippen molar-refractivity contribution in [2.45, 2.75) is 0 Å². The second-order valence-electron chi connectivity index (χ2n) is 3.92. The van der Waals surface area contributed by atoms with Crippen LogP contribution in [0.25, 0.3) is 11.1 Å². The molecule has 0 unspecified atom stereocenters. The largest absolute Gasteiger partial charge is 0.506 e. The highest BCUT2D eigenvalue weighted by molar-refractivity contribution is 6.31. The van der Waals surface area contributed by atoms with Crippen molar-refractivity contribution in [3.63, 3.8) is 0 Å². The maximum absolute atomic E-state index is 9.73. The van der Waals surface area contributed by atoms with Gasteiger partial charge in [-0.3, -0.25) is 0 Å². The Bertz CT molecular complexity index is 755. The Labute approximate surface area is 118 Å². The number of phenols is 1. The monoisotopic (exact) mass is 294 g/mol. The van der Waals surface area contributed by atoms with E-state index < -0.39 is 0 Å². The summed E-state index contributed by atoms with van der Waals surface area (Å²) in [5.74, 6) is 0.0211. The fourth-order valence-electron chi connectivity index (χ4n) is 1.68. The first kappa shape index (κ1) is 12.1. The fraction of sp³-hybridized carbons (Fsp3) is 0. The molecule has 0 radical (unpaired) electrons. The molecule has 0 bridgehead atoms. The molecule has 19 heavy (non-hydrogen) atoms. The number of benzene rings is 2. The normalized spacial score (nSPS) is 10.8. The molecule has 4 nitrogen and oxygen atoms in total. The number of halogens is 2. The molecule has 3 aromatic rings. The summed E-state index contributed by atoms with van der Waals surface area (Å²) < 4.78 is 5.49. The first-order chi connectivity index (χ1) is 9.11. The van der Waals surface area contributed by atoms with E-state index in [1.54, 1.807) is 30.3 Å². The topological polar surface area (TPSA) is 58.3 Å². The summed E-state index contributed by atoms with van der Waals surface area (Å²) in [6.45, 7) is 0. The van der Waals surface area contributed by atoms with Crippen LogP contribution in [-0.4, -0.2) is 10.1 Å². The number of anilines is 2. The van der Waals surface area contributed by atoms with E-state index in [-0.39, 0.29) is 11.8 Å². The molecule has 0 saturated heterocycles. The lowest BCUT2D eigenvalue weighted by Crippen LogP contribution is -1.90. The molecule has 1 heterocycles. The molecule has 0 spiro atoms. The third kappa shape index (κ3) is 2.45. The molecule has 2 aromatic carbocycles. The summed E-state index contributed by atoms with van der Waals surface area (Å²) >= 11 is 11.6. The lowest BCUT2D eigenvalue weighted by molar-refractivity contribution is 0.477. The third-order valence-corrected chi connectivity index (χ3v) is 3.02. The number of nitrogens with one attached hydrogen (secondary N) is 1. The van der Waals surface area contributed by atoms with E-state index in [0.717, 1.165) is 0 Å². The van der Waals surface area contributed by atoms with Crippen LogP contribution in [0.3, 0.4) is 0 Å². The van der Waals surface area contributed by atoms with E-state index >= 15 is 0 Å². The summed E-state index contributed by atoms with van der Waals surface area (Å²) in [4.78, 5) is 4.23. The molecular formula is C13H8Cl2N2O2. The van der Waals surface area contributed by atoms with Crippen molar-refractivity contribution in [3.8, 4) is 5.75 Å². The zero-order valence-electron chi connectivity index (χ0n) is 9.52. The van der Waals surface area contributed by atoms with Crippen molar-refractivity contribution in [2.75, 3.05) is 5.32 Å². The Kier molecular flexibility index (Phi) is 2.97. The molecule has 3 rings (SSSR count). The first-order valence-electron chi connectivity index (χ1n) is 5.43. The molecule has 0 amide bonds. The molecule has 0 atom stereocenters. The van der Waals surface area contributed by atoms with Crippen LogP contribution in [0, 0.1) is 0 Å². The standard InChI is InChI=1S/C13H8Cl2N2O2/c14-7-1-3-9(11(18)5-7)16-13-17-10-4-2-8(15)6-12(10)19-13/h1-6,18H,(H,16,17). The van der Waals surface area contributed by atoms with Gasteiger partial charge >= 0.3 is 0 Å². The minimum Gasteiger partial charge on any atom is -0.506 e. The number of nitrogens with zero attached hydrogens (tertiary/aromatic N) is 1. The minimum absolute atomic E-state index is 0.0211. The Hall–Kier alpha value is -1.91. The molecule has 0 fully saturated rings. The highest BCUT2D eigenvalue weighted by atomic mass is 35.5. The number of aromatic nitrogens is 1. The van der Waals surface area contributed by atoms with Gasteiger partial charge in [0, 0.05) is 22.2 Å².